The topological polar surface area (TPSA) is 63.0 Å². The van der Waals surface area contributed by atoms with Crippen LogP contribution < -0.4 is 5.32 Å². The summed E-state index contributed by atoms with van der Waals surface area (Å²) >= 11 is 0. The molecule has 1 aromatic heterocycles. The van der Waals surface area contributed by atoms with Crippen molar-refractivity contribution in [3.63, 3.8) is 0 Å². The number of aromatic nitrogens is 3. The van der Waals surface area contributed by atoms with E-state index in [0.717, 1.165) is 31.8 Å². The summed E-state index contributed by atoms with van der Waals surface area (Å²) in [5.41, 5.74) is 0. The maximum absolute atomic E-state index is 9.34. The van der Waals surface area contributed by atoms with Crippen LogP contribution >= 0.6 is 0 Å². The number of hydrogen-bond acceptors (Lipinski definition) is 4. The Balaban J connectivity index is 2.20. The van der Waals surface area contributed by atoms with E-state index in [4.69, 9.17) is 0 Å². The molecule has 5 nitrogen and oxygen atoms in total. The van der Waals surface area contributed by atoms with E-state index in [1.807, 2.05) is 18.5 Å². The first-order valence-electron chi connectivity index (χ1n) is 5.53. The zero-order valence-corrected chi connectivity index (χ0v) is 9.48. The Morgan fingerprint density at radius 1 is 1.53 bits per heavy atom. The van der Waals surface area contributed by atoms with E-state index in [-0.39, 0.29) is 6.10 Å². The summed E-state index contributed by atoms with van der Waals surface area (Å²) in [4.78, 5) is 4.15. The van der Waals surface area contributed by atoms with Crippen LogP contribution in [0.3, 0.4) is 0 Å². The maximum Gasteiger partial charge on any atom is 0.140 e. The number of aliphatic hydroxyl groups excluding tert-OH is 1. The van der Waals surface area contributed by atoms with Gasteiger partial charge in [0.05, 0.1) is 12.6 Å². The summed E-state index contributed by atoms with van der Waals surface area (Å²) in [5, 5.41) is 16.7. The van der Waals surface area contributed by atoms with E-state index >= 15 is 0 Å². The van der Waals surface area contributed by atoms with Crippen molar-refractivity contribution in [1.29, 1.82) is 0 Å². The molecule has 1 unspecified atom stereocenters. The van der Waals surface area contributed by atoms with Crippen LogP contribution in [0.25, 0.3) is 0 Å². The molecule has 5 heteroatoms. The molecular formula is C10H20N4O. The lowest BCUT2D eigenvalue weighted by molar-refractivity contribution is 0.159. The first kappa shape index (κ1) is 12.1. The lowest BCUT2D eigenvalue weighted by Crippen LogP contribution is -2.21. The van der Waals surface area contributed by atoms with Crippen molar-refractivity contribution >= 4 is 0 Å². The molecule has 0 bridgehead atoms. The molecule has 0 fully saturated rings. The molecule has 0 amide bonds. The van der Waals surface area contributed by atoms with E-state index < -0.39 is 0 Å². The van der Waals surface area contributed by atoms with Gasteiger partial charge in [-0.3, -0.25) is 0 Å². The SMILES string of the molecule is CCC(O)CCNCc1ncnn1CC. The molecular weight excluding hydrogens is 192 g/mol. The average Bonchev–Trinajstić information content (AvgIpc) is 2.71. The Labute approximate surface area is 90.5 Å². The molecule has 0 aliphatic rings. The number of rotatable bonds is 7. The van der Waals surface area contributed by atoms with Crippen LogP contribution in [0.5, 0.6) is 0 Å². The molecule has 0 aliphatic carbocycles. The fourth-order valence-corrected chi connectivity index (χ4v) is 1.36. The van der Waals surface area contributed by atoms with Crippen molar-refractivity contribution in [1.82, 2.24) is 20.1 Å². The number of nitrogens with one attached hydrogen (secondary N) is 1. The highest BCUT2D eigenvalue weighted by atomic mass is 16.3. The van der Waals surface area contributed by atoms with Crippen molar-refractivity contribution in [2.75, 3.05) is 6.54 Å². The van der Waals surface area contributed by atoms with Crippen molar-refractivity contribution in [2.24, 2.45) is 0 Å². The van der Waals surface area contributed by atoms with Gasteiger partial charge in [-0.25, -0.2) is 9.67 Å². The van der Waals surface area contributed by atoms with E-state index in [0.29, 0.717) is 6.54 Å². The summed E-state index contributed by atoms with van der Waals surface area (Å²) < 4.78 is 1.86. The minimum absolute atomic E-state index is 0.193. The van der Waals surface area contributed by atoms with Gasteiger partial charge in [0.25, 0.3) is 0 Å². The fourth-order valence-electron chi connectivity index (χ4n) is 1.36. The average molecular weight is 212 g/mol. The molecule has 1 aromatic rings. The van der Waals surface area contributed by atoms with Crippen LogP contribution in [0.15, 0.2) is 6.33 Å². The predicted molar refractivity (Wildman–Crippen MR) is 58.3 cm³/mol. The van der Waals surface area contributed by atoms with Crippen LogP contribution in [0.1, 0.15) is 32.5 Å². The zero-order chi connectivity index (χ0) is 11.1. The quantitative estimate of drug-likeness (QED) is 0.648. The highest BCUT2D eigenvalue weighted by Crippen LogP contribution is 1.96. The predicted octanol–water partition coefficient (Wildman–Crippen LogP) is 0.549. The summed E-state index contributed by atoms with van der Waals surface area (Å²) in [6.45, 7) is 6.39. The first-order chi connectivity index (χ1) is 7.27. The molecule has 0 saturated carbocycles. The largest absolute Gasteiger partial charge is 0.393 e. The number of hydrogen-bond donors (Lipinski definition) is 2. The molecule has 1 rings (SSSR count). The number of aliphatic hydroxyl groups is 1. The van der Waals surface area contributed by atoms with E-state index in [1.165, 1.54) is 0 Å². The summed E-state index contributed by atoms with van der Waals surface area (Å²) in [6, 6.07) is 0. The standard InChI is InChI=1S/C10H20N4O/c1-3-9(15)5-6-11-7-10-12-8-13-14(10)4-2/h8-9,11,15H,3-7H2,1-2H3. The van der Waals surface area contributed by atoms with Crippen LogP contribution in [0.2, 0.25) is 0 Å². The second-order valence-corrected chi connectivity index (χ2v) is 3.52. The van der Waals surface area contributed by atoms with Crippen LogP contribution in [-0.2, 0) is 13.1 Å². The Morgan fingerprint density at radius 3 is 3.00 bits per heavy atom. The molecule has 0 radical (unpaired) electrons. The van der Waals surface area contributed by atoms with Gasteiger partial charge in [-0.05, 0) is 26.3 Å². The van der Waals surface area contributed by atoms with Crippen molar-refractivity contribution in [3.05, 3.63) is 12.2 Å². The van der Waals surface area contributed by atoms with Crippen molar-refractivity contribution < 1.29 is 5.11 Å². The third kappa shape index (κ3) is 3.97. The molecule has 0 spiro atoms. The van der Waals surface area contributed by atoms with Gasteiger partial charge in [0.2, 0.25) is 0 Å². The van der Waals surface area contributed by atoms with Crippen LogP contribution in [0, 0.1) is 0 Å². The molecule has 1 atom stereocenters. The fraction of sp³-hybridized carbons (Fsp3) is 0.800. The normalized spacial score (nSPS) is 13.0. The third-order valence-electron chi connectivity index (χ3n) is 2.40. The van der Waals surface area contributed by atoms with Gasteiger partial charge in [0.1, 0.15) is 12.2 Å². The monoisotopic (exact) mass is 212 g/mol. The minimum atomic E-state index is -0.193. The lowest BCUT2D eigenvalue weighted by Gasteiger charge is -2.08. The molecule has 0 saturated heterocycles. The van der Waals surface area contributed by atoms with Crippen LogP contribution in [-0.4, -0.2) is 32.5 Å². The van der Waals surface area contributed by atoms with Gasteiger partial charge >= 0.3 is 0 Å². The molecule has 0 aromatic carbocycles. The van der Waals surface area contributed by atoms with E-state index in [1.54, 1.807) is 6.33 Å². The molecule has 1 heterocycles. The van der Waals surface area contributed by atoms with E-state index in [2.05, 4.69) is 15.4 Å². The summed E-state index contributed by atoms with van der Waals surface area (Å²) in [6.07, 6.45) is 2.98. The highest BCUT2D eigenvalue weighted by molar-refractivity contribution is 4.83. The molecule has 86 valence electrons. The second-order valence-electron chi connectivity index (χ2n) is 3.52. The zero-order valence-electron chi connectivity index (χ0n) is 9.48. The Bertz CT molecular complexity index is 274. The summed E-state index contributed by atoms with van der Waals surface area (Å²) in [5.74, 6) is 0.948. The highest BCUT2D eigenvalue weighted by Gasteiger charge is 2.03. The Hall–Kier alpha value is -0.940. The Morgan fingerprint density at radius 2 is 2.33 bits per heavy atom. The van der Waals surface area contributed by atoms with Crippen LogP contribution in [0.4, 0.5) is 0 Å². The maximum atomic E-state index is 9.34. The second kappa shape index (κ2) is 6.53. The van der Waals surface area contributed by atoms with Gasteiger partial charge in [-0.15, -0.1) is 0 Å². The van der Waals surface area contributed by atoms with Gasteiger partial charge in [0, 0.05) is 6.54 Å². The molecule has 2 N–H and O–H groups in total. The van der Waals surface area contributed by atoms with Crippen molar-refractivity contribution in [2.45, 2.75) is 45.9 Å². The smallest absolute Gasteiger partial charge is 0.140 e. The van der Waals surface area contributed by atoms with Crippen molar-refractivity contribution in [3.8, 4) is 0 Å². The van der Waals surface area contributed by atoms with E-state index in [9.17, 15) is 5.11 Å². The third-order valence-corrected chi connectivity index (χ3v) is 2.40. The first-order valence-corrected chi connectivity index (χ1v) is 5.53. The van der Waals surface area contributed by atoms with Gasteiger partial charge in [-0.2, -0.15) is 5.10 Å². The van der Waals surface area contributed by atoms with Gasteiger partial charge < -0.3 is 10.4 Å². The molecule has 0 aliphatic heterocycles. The number of aryl methyl sites for hydroxylation is 1. The minimum Gasteiger partial charge on any atom is -0.393 e. The van der Waals surface area contributed by atoms with Gasteiger partial charge in [0.15, 0.2) is 0 Å². The Kier molecular flexibility index (Phi) is 5.28. The molecule has 15 heavy (non-hydrogen) atoms. The summed E-state index contributed by atoms with van der Waals surface area (Å²) in [7, 11) is 0. The number of nitrogens with zero attached hydrogens (tertiary/aromatic N) is 3. The lowest BCUT2D eigenvalue weighted by atomic mass is 10.2. The van der Waals surface area contributed by atoms with Gasteiger partial charge in [-0.1, -0.05) is 6.92 Å².